The van der Waals surface area contributed by atoms with E-state index in [1.165, 1.54) is 31.4 Å². The van der Waals surface area contributed by atoms with Gasteiger partial charge in [0.1, 0.15) is 5.82 Å². The van der Waals surface area contributed by atoms with E-state index in [4.69, 9.17) is 11.6 Å². The predicted molar refractivity (Wildman–Crippen MR) is 108 cm³/mol. The standard InChI is InChI=1S/C21H29ClN4O/c22-17-7-8-21(23-14-17)26-10-3-6-19(26)15-24-11-12-25(18-4-1-2-5-18)20(16-24)9-13-27/h3,6-8,10,14,18,20,27H,1-2,4-5,9,11-13,15-16H2. The third kappa shape index (κ3) is 4.37. The lowest BCUT2D eigenvalue weighted by molar-refractivity contribution is 0.0261. The van der Waals surface area contributed by atoms with Crippen LogP contribution in [0.4, 0.5) is 0 Å². The van der Waals surface area contributed by atoms with Gasteiger partial charge in [0, 0.05) is 63.0 Å². The summed E-state index contributed by atoms with van der Waals surface area (Å²) in [6.07, 6.45) is 9.99. The molecular formula is C21H29ClN4O. The third-order valence-electron chi connectivity index (χ3n) is 6.05. The molecule has 1 aliphatic heterocycles. The molecule has 1 saturated carbocycles. The maximum Gasteiger partial charge on any atom is 0.136 e. The lowest BCUT2D eigenvalue weighted by Gasteiger charge is -2.44. The Labute approximate surface area is 166 Å². The number of hydrogen-bond donors (Lipinski definition) is 1. The Kier molecular flexibility index (Phi) is 6.13. The molecule has 0 bridgehead atoms. The summed E-state index contributed by atoms with van der Waals surface area (Å²) < 4.78 is 2.14. The molecule has 1 aliphatic carbocycles. The van der Waals surface area contributed by atoms with Gasteiger partial charge in [0.25, 0.3) is 0 Å². The van der Waals surface area contributed by atoms with E-state index in [1.54, 1.807) is 6.20 Å². The number of nitrogens with zero attached hydrogens (tertiary/aromatic N) is 4. The molecule has 1 unspecified atom stereocenters. The van der Waals surface area contributed by atoms with Crippen LogP contribution in [0.1, 0.15) is 37.8 Å². The van der Waals surface area contributed by atoms with E-state index in [0.717, 1.165) is 44.5 Å². The fraction of sp³-hybridized carbons (Fsp3) is 0.571. The molecule has 0 amide bonds. The topological polar surface area (TPSA) is 44.5 Å². The first-order valence-corrected chi connectivity index (χ1v) is 10.5. The van der Waals surface area contributed by atoms with Gasteiger partial charge < -0.3 is 9.67 Å². The molecule has 0 spiro atoms. The van der Waals surface area contributed by atoms with Crippen LogP contribution >= 0.6 is 11.6 Å². The Morgan fingerprint density at radius 2 is 2.00 bits per heavy atom. The van der Waals surface area contributed by atoms with Crippen molar-refractivity contribution in [2.24, 2.45) is 0 Å². The van der Waals surface area contributed by atoms with Crippen molar-refractivity contribution in [2.45, 2.75) is 50.7 Å². The Balaban J connectivity index is 1.44. The van der Waals surface area contributed by atoms with Crippen LogP contribution in [0.2, 0.25) is 5.02 Å². The van der Waals surface area contributed by atoms with Gasteiger partial charge in [-0.1, -0.05) is 24.4 Å². The zero-order valence-corrected chi connectivity index (χ0v) is 16.6. The van der Waals surface area contributed by atoms with E-state index in [9.17, 15) is 5.11 Å². The molecule has 0 aromatic carbocycles. The molecule has 2 aromatic rings. The summed E-state index contributed by atoms with van der Waals surface area (Å²) >= 11 is 5.98. The van der Waals surface area contributed by atoms with Crippen LogP contribution in [0.5, 0.6) is 0 Å². The van der Waals surface area contributed by atoms with Gasteiger partial charge in [-0.15, -0.1) is 0 Å². The van der Waals surface area contributed by atoms with Crippen molar-refractivity contribution in [3.05, 3.63) is 47.4 Å². The molecule has 27 heavy (non-hydrogen) atoms. The summed E-state index contributed by atoms with van der Waals surface area (Å²) in [4.78, 5) is 9.66. The average molecular weight is 389 g/mol. The van der Waals surface area contributed by atoms with Gasteiger partial charge in [-0.2, -0.15) is 0 Å². The van der Waals surface area contributed by atoms with Crippen molar-refractivity contribution in [1.29, 1.82) is 0 Å². The minimum Gasteiger partial charge on any atom is -0.396 e. The van der Waals surface area contributed by atoms with Gasteiger partial charge in [-0.3, -0.25) is 9.80 Å². The largest absolute Gasteiger partial charge is 0.396 e. The molecule has 4 rings (SSSR count). The highest BCUT2D eigenvalue weighted by atomic mass is 35.5. The zero-order valence-electron chi connectivity index (χ0n) is 15.8. The number of rotatable bonds is 6. The van der Waals surface area contributed by atoms with Crippen molar-refractivity contribution in [3.63, 3.8) is 0 Å². The van der Waals surface area contributed by atoms with E-state index >= 15 is 0 Å². The quantitative estimate of drug-likeness (QED) is 0.824. The monoisotopic (exact) mass is 388 g/mol. The van der Waals surface area contributed by atoms with Crippen LogP contribution in [0.3, 0.4) is 0 Å². The molecule has 0 radical (unpaired) electrons. The molecule has 2 fully saturated rings. The lowest BCUT2D eigenvalue weighted by Crippen LogP contribution is -2.56. The van der Waals surface area contributed by atoms with Crippen molar-refractivity contribution in [2.75, 3.05) is 26.2 Å². The summed E-state index contributed by atoms with van der Waals surface area (Å²) in [5.41, 5.74) is 1.24. The molecule has 2 aromatic heterocycles. The number of aromatic nitrogens is 2. The van der Waals surface area contributed by atoms with Crippen LogP contribution in [0, 0.1) is 0 Å². The Morgan fingerprint density at radius 3 is 2.74 bits per heavy atom. The van der Waals surface area contributed by atoms with Gasteiger partial charge in [0.15, 0.2) is 0 Å². The summed E-state index contributed by atoms with van der Waals surface area (Å²) in [6, 6.07) is 9.27. The SMILES string of the molecule is OCCC1CN(Cc2cccn2-c2ccc(Cl)cn2)CCN1C1CCCC1. The van der Waals surface area contributed by atoms with E-state index in [-0.39, 0.29) is 6.61 Å². The van der Waals surface area contributed by atoms with Crippen molar-refractivity contribution >= 4 is 11.6 Å². The number of piperazine rings is 1. The molecule has 3 heterocycles. The highest BCUT2D eigenvalue weighted by Crippen LogP contribution is 2.28. The normalized spacial score (nSPS) is 22.5. The Morgan fingerprint density at radius 1 is 1.15 bits per heavy atom. The minimum absolute atomic E-state index is 0.271. The molecular weight excluding hydrogens is 360 g/mol. The predicted octanol–water partition coefficient (Wildman–Crippen LogP) is 3.34. The molecule has 1 N–H and O–H groups in total. The second-order valence-electron chi connectivity index (χ2n) is 7.78. The lowest BCUT2D eigenvalue weighted by atomic mass is 10.0. The van der Waals surface area contributed by atoms with Crippen molar-refractivity contribution < 1.29 is 5.11 Å². The Hall–Kier alpha value is -1.40. The average Bonchev–Trinajstić information content (AvgIpc) is 3.35. The summed E-state index contributed by atoms with van der Waals surface area (Å²) in [6.45, 7) is 4.38. The van der Waals surface area contributed by atoms with Gasteiger partial charge in [0.05, 0.1) is 5.02 Å². The zero-order chi connectivity index (χ0) is 18.6. The summed E-state index contributed by atoms with van der Waals surface area (Å²) in [5.74, 6) is 0.899. The molecule has 146 valence electrons. The number of aliphatic hydroxyl groups is 1. The van der Waals surface area contributed by atoms with Crippen molar-refractivity contribution in [1.82, 2.24) is 19.4 Å². The van der Waals surface area contributed by atoms with E-state index in [2.05, 4.69) is 37.7 Å². The maximum atomic E-state index is 9.57. The highest BCUT2D eigenvalue weighted by Gasteiger charge is 2.33. The smallest absolute Gasteiger partial charge is 0.136 e. The Bertz CT molecular complexity index is 726. The fourth-order valence-electron chi connectivity index (χ4n) is 4.71. The third-order valence-corrected chi connectivity index (χ3v) is 6.27. The van der Waals surface area contributed by atoms with E-state index in [1.807, 2.05) is 12.1 Å². The minimum atomic E-state index is 0.271. The maximum absolute atomic E-state index is 9.57. The van der Waals surface area contributed by atoms with Gasteiger partial charge in [-0.25, -0.2) is 4.98 Å². The van der Waals surface area contributed by atoms with E-state index in [0.29, 0.717) is 11.1 Å². The van der Waals surface area contributed by atoms with Gasteiger partial charge >= 0.3 is 0 Å². The van der Waals surface area contributed by atoms with Crippen molar-refractivity contribution in [3.8, 4) is 5.82 Å². The van der Waals surface area contributed by atoms with Crippen LogP contribution in [0.25, 0.3) is 5.82 Å². The van der Waals surface area contributed by atoms with Gasteiger partial charge in [-0.05, 0) is 43.5 Å². The first-order chi connectivity index (χ1) is 13.2. The highest BCUT2D eigenvalue weighted by molar-refractivity contribution is 6.30. The molecule has 1 atom stereocenters. The van der Waals surface area contributed by atoms with Crippen LogP contribution < -0.4 is 0 Å². The fourth-order valence-corrected chi connectivity index (χ4v) is 4.82. The summed E-state index contributed by atoms with van der Waals surface area (Å²) in [5, 5.41) is 10.2. The van der Waals surface area contributed by atoms with E-state index < -0.39 is 0 Å². The number of hydrogen-bond acceptors (Lipinski definition) is 4. The van der Waals surface area contributed by atoms with Crippen LogP contribution in [0.15, 0.2) is 36.7 Å². The van der Waals surface area contributed by atoms with Crippen LogP contribution in [-0.2, 0) is 6.54 Å². The number of pyridine rings is 1. The summed E-state index contributed by atoms with van der Waals surface area (Å²) in [7, 11) is 0. The first kappa shape index (κ1) is 18.9. The van der Waals surface area contributed by atoms with Crippen LogP contribution in [-0.4, -0.2) is 62.8 Å². The molecule has 1 saturated heterocycles. The second-order valence-corrected chi connectivity index (χ2v) is 8.22. The number of aliphatic hydroxyl groups excluding tert-OH is 1. The molecule has 5 nitrogen and oxygen atoms in total. The van der Waals surface area contributed by atoms with Gasteiger partial charge in [0.2, 0.25) is 0 Å². The molecule has 6 heteroatoms. The second kappa shape index (κ2) is 8.74. The number of halogens is 1. The molecule has 2 aliphatic rings. The first-order valence-electron chi connectivity index (χ1n) is 10.1.